The van der Waals surface area contributed by atoms with Gasteiger partial charge in [-0.2, -0.15) is 0 Å². The summed E-state index contributed by atoms with van der Waals surface area (Å²) in [6, 6.07) is 17.6. The molecule has 0 atom stereocenters. The first-order valence-electron chi connectivity index (χ1n) is 5.82. The van der Waals surface area contributed by atoms with Gasteiger partial charge in [0.05, 0.1) is 13.4 Å². The molecule has 0 amide bonds. The lowest BCUT2D eigenvalue weighted by molar-refractivity contribution is 0.415. The van der Waals surface area contributed by atoms with Crippen molar-refractivity contribution in [3.05, 3.63) is 66.4 Å². The highest BCUT2D eigenvalue weighted by molar-refractivity contribution is 5.63. The number of para-hydroxylation sites is 1. The minimum absolute atomic E-state index is 0.838. The quantitative estimate of drug-likeness (QED) is 0.748. The Kier molecular flexibility index (Phi) is 4.02. The molecular formula is C16H16O2. The fourth-order valence-corrected chi connectivity index (χ4v) is 1.58. The van der Waals surface area contributed by atoms with Gasteiger partial charge in [-0.15, -0.1) is 0 Å². The van der Waals surface area contributed by atoms with Crippen LogP contribution in [0.4, 0.5) is 0 Å². The lowest BCUT2D eigenvalue weighted by atomic mass is 10.1. The lowest BCUT2D eigenvalue weighted by Crippen LogP contribution is -1.87. The fourth-order valence-electron chi connectivity index (χ4n) is 1.58. The van der Waals surface area contributed by atoms with Crippen molar-refractivity contribution in [3.8, 4) is 11.5 Å². The number of hydrogen-bond donors (Lipinski definition) is 0. The third-order valence-corrected chi connectivity index (χ3v) is 2.66. The van der Waals surface area contributed by atoms with Crippen molar-refractivity contribution in [2.75, 3.05) is 7.11 Å². The molecule has 0 saturated heterocycles. The fraction of sp³-hybridized carbons (Fsp3) is 0.125. The van der Waals surface area contributed by atoms with Crippen molar-refractivity contribution >= 4 is 5.57 Å². The van der Waals surface area contributed by atoms with Gasteiger partial charge < -0.3 is 9.47 Å². The zero-order chi connectivity index (χ0) is 12.8. The number of ether oxygens (including phenoxy) is 2. The Morgan fingerprint density at radius 1 is 0.889 bits per heavy atom. The van der Waals surface area contributed by atoms with E-state index in [4.69, 9.17) is 9.47 Å². The van der Waals surface area contributed by atoms with Gasteiger partial charge in [-0.05, 0) is 42.3 Å². The largest absolute Gasteiger partial charge is 0.497 e. The van der Waals surface area contributed by atoms with Crippen molar-refractivity contribution in [2.24, 2.45) is 0 Å². The Hall–Kier alpha value is -2.22. The van der Waals surface area contributed by atoms with Crippen LogP contribution >= 0.6 is 0 Å². The molecule has 2 aromatic carbocycles. The molecule has 0 N–H and O–H groups in total. The zero-order valence-corrected chi connectivity index (χ0v) is 10.6. The highest BCUT2D eigenvalue weighted by Gasteiger charge is 1.97. The summed E-state index contributed by atoms with van der Waals surface area (Å²) < 4.78 is 10.7. The van der Waals surface area contributed by atoms with E-state index in [0.29, 0.717) is 0 Å². The molecule has 0 unspecified atom stereocenters. The summed E-state index contributed by atoms with van der Waals surface area (Å²) in [6.45, 7) is 2.02. The van der Waals surface area contributed by atoms with Crippen LogP contribution in [0.25, 0.3) is 5.57 Å². The summed E-state index contributed by atoms with van der Waals surface area (Å²) in [6.07, 6.45) is 1.76. The molecular weight excluding hydrogens is 224 g/mol. The molecule has 2 rings (SSSR count). The third kappa shape index (κ3) is 3.14. The van der Waals surface area contributed by atoms with Crippen molar-refractivity contribution < 1.29 is 9.47 Å². The van der Waals surface area contributed by atoms with Gasteiger partial charge in [0.2, 0.25) is 0 Å². The molecule has 0 aromatic heterocycles. The molecule has 0 aliphatic heterocycles. The average Bonchev–Trinajstić information content (AvgIpc) is 2.46. The first kappa shape index (κ1) is 12.2. The summed E-state index contributed by atoms with van der Waals surface area (Å²) in [4.78, 5) is 0. The Morgan fingerprint density at radius 2 is 1.56 bits per heavy atom. The Labute approximate surface area is 107 Å². The molecule has 2 aromatic rings. The normalized spacial score (nSPS) is 11.1. The van der Waals surface area contributed by atoms with E-state index in [2.05, 4.69) is 0 Å². The first-order valence-corrected chi connectivity index (χ1v) is 5.82. The molecule has 0 spiro atoms. The average molecular weight is 240 g/mol. The summed E-state index contributed by atoms with van der Waals surface area (Å²) in [5.41, 5.74) is 2.19. The molecule has 0 aliphatic carbocycles. The van der Waals surface area contributed by atoms with Crippen molar-refractivity contribution in [2.45, 2.75) is 6.92 Å². The van der Waals surface area contributed by atoms with Crippen LogP contribution in [0.15, 0.2) is 60.9 Å². The van der Waals surface area contributed by atoms with Crippen LogP contribution < -0.4 is 9.47 Å². The molecule has 92 valence electrons. The molecule has 0 radical (unpaired) electrons. The van der Waals surface area contributed by atoms with E-state index in [1.54, 1.807) is 13.4 Å². The number of hydrogen-bond acceptors (Lipinski definition) is 2. The van der Waals surface area contributed by atoms with Gasteiger partial charge >= 0.3 is 0 Å². The molecule has 0 heterocycles. The van der Waals surface area contributed by atoms with Crippen LogP contribution in [0.1, 0.15) is 12.5 Å². The van der Waals surface area contributed by atoms with Crippen LogP contribution in [0, 0.1) is 0 Å². The van der Waals surface area contributed by atoms with Crippen LogP contribution in [-0.2, 0) is 0 Å². The number of allylic oxidation sites excluding steroid dienone is 1. The highest BCUT2D eigenvalue weighted by atomic mass is 16.5. The Balaban J connectivity index is 2.08. The minimum atomic E-state index is 0.838. The second kappa shape index (κ2) is 5.92. The Bertz CT molecular complexity index is 513. The van der Waals surface area contributed by atoms with Crippen molar-refractivity contribution in [3.63, 3.8) is 0 Å². The SMILES string of the molecule is COc1ccc(C(C)=COc2ccccc2)cc1. The maximum absolute atomic E-state index is 5.59. The molecule has 0 bridgehead atoms. The summed E-state index contributed by atoms with van der Waals surface area (Å²) in [5, 5.41) is 0. The monoisotopic (exact) mass is 240 g/mol. The summed E-state index contributed by atoms with van der Waals surface area (Å²) in [5.74, 6) is 1.70. The Morgan fingerprint density at radius 3 is 2.17 bits per heavy atom. The van der Waals surface area contributed by atoms with Gasteiger partial charge in [0.15, 0.2) is 0 Å². The van der Waals surface area contributed by atoms with E-state index in [1.165, 1.54) is 0 Å². The van der Waals surface area contributed by atoms with Gasteiger partial charge in [-0.25, -0.2) is 0 Å². The maximum atomic E-state index is 5.59. The molecule has 0 aliphatic rings. The molecule has 2 nitrogen and oxygen atoms in total. The highest BCUT2D eigenvalue weighted by Crippen LogP contribution is 2.19. The van der Waals surface area contributed by atoms with Crippen LogP contribution in [-0.4, -0.2) is 7.11 Å². The maximum Gasteiger partial charge on any atom is 0.126 e. The predicted molar refractivity (Wildman–Crippen MR) is 73.7 cm³/mol. The summed E-state index contributed by atoms with van der Waals surface area (Å²) >= 11 is 0. The predicted octanol–water partition coefficient (Wildman–Crippen LogP) is 4.14. The van der Waals surface area contributed by atoms with Crippen LogP contribution in [0.3, 0.4) is 0 Å². The number of benzene rings is 2. The van der Waals surface area contributed by atoms with E-state index < -0.39 is 0 Å². The number of rotatable bonds is 4. The first-order chi connectivity index (χ1) is 8.79. The van der Waals surface area contributed by atoms with Crippen LogP contribution in [0.2, 0.25) is 0 Å². The standard InChI is InChI=1S/C16H16O2/c1-13(12-18-16-6-4-3-5-7-16)14-8-10-15(17-2)11-9-14/h3-12H,1-2H3. The smallest absolute Gasteiger partial charge is 0.126 e. The molecule has 0 fully saturated rings. The van der Waals surface area contributed by atoms with Crippen LogP contribution in [0.5, 0.6) is 11.5 Å². The topological polar surface area (TPSA) is 18.5 Å². The van der Waals surface area contributed by atoms with Gasteiger partial charge in [0, 0.05) is 0 Å². The third-order valence-electron chi connectivity index (χ3n) is 2.66. The van der Waals surface area contributed by atoms with Gasteiger partial charge in [-0.3, -0.25) is 0 Å². The van der Waals surface area contributed by atoms with Crippen molar-refractivity contribution in [1.29, 1.82) is 0 Å². The second-order valence-corrected chi connectivity index (χ2v) is 3.96. The molecule has 2 heteroatoms. The van der Waals surface area contributed by atoms with E-state index in [-0.39, 0.29) is 0 Å². The number of methoxy groups -OCH3 is 1. The second-order valence-electron chi connectivity index (χ2n) is 3.96. The summed E-state index contributed by atoms with van der Waals surface area (Å²) in [7, 11) is 1.66. The van der Waals surface area contributed by atoms with E-state index >= 15 is 0 Å². The van der Waals surface area contributed by atoms with Gasteiger partial charge in [0.1, 0.15) is 11.5 Å². The molecule has 18 heavy (non-hydrogen) atoms. The zero-order valence-electron chi connectivity index (χ0n) is 10.6. The van der Waals surface area contributed by atoms with E-state index in [0.717, 1.165) is 22.6 Å². The van der Waals surface area contributed by atoms with Gasteiger partial charge in [0.25, 0.3) is 0 Å². The van der Waals surface area contributed by atoms with Crippen molar-refractivity contribution in [1.82, 2.24) is 0 Å². The van der Waals surface area contributed by atoms with E-state index in [9.17, 15) is 0 Å². The van der Waals surface area contributed by atoms with Gasteiger partial charge in [-0.1, -0.05) is 30.3 Å². The minimum Gasteiger partial charge on any atom is -0.497 e. The lowest BCUT2D eigenvalue weighted by Gasteiger charge is -2.05. The molecule has 0 saturated carbocycles. The van der Waals surface area contributed by atoms with E-state index in [1.807, 2.05) is 61.5 Å².